The SMILES string of the molecule is CCNC(CN(CC1CC1)CC1CC1)(C(=O)OC)C1CC1. The molecule has 0 radical (unpaired) electrons. The van der Waals surface area contributed by atoms with Gasteiger partial charge in [0.2, 0.25) is 0 Å². The quantitative estimate of drug-likeness (QED) is 0.626. The zero-order chi connectivity index (χ0) is 14.9. The lowest BCUT2D eigenvalue weighted by molar-refractivity contribution is -0.151. The second-order valence-electron chi connectivity index (χ2n) is 7.35. The van der Waals surface area contributed by atoms with E-state index >= 15 is 0 Å². The molecule has 4 nitrogen and oxygen atoms in total. The standard InChI is InChI=1S/C17H30N2O2/c1-3-18-17(15-8-9-15,16(20)21-2)12-19(10-13-4-5-13)11-14-6-7-14/h13-15,18H,3-12H2,1-2H3. The van der Waals surface area contributed by atoms with Crippen LogP contribution >= 0.6 is 0 Å². The Bertz CT molecular complexity index is 361. The molecule has 3 aliphatic carbocycles. The topological polar surface area (TPSA) is 41.6 Å². The van der Waals surface area contributed by atoms with Gasteiger partial charge in [0, 0.05) is 19.6 Å². The van der Waals surface area contributed by atoms with E-state index in [9.17, 15) is 4.79 Å². The van der Waals surface area contributed by atoms with Crippen molar-refractivity contribution >= 4 is 5.97 Å². The van der Waals surface area contributed by atoms with Gasteiger partial charge in [-0.05, 0) is 62.8 Å². The first-order valence-corrected chi connectivity index (χ1v) is 8.73. The molecule has 1 N–H and O–H groups in total. The number of carbonyl (C=O) groups is 1. The Morgan fingerprint density at radius 3 is 2.10 bits per heavy atom. The zero-order valence-electron chi connectivity index (χ0n) is 13.6. The second kappa shape index (κ2) is 6.25. The molecule has 120 valence electrons. The van der Waals surface area contributed by atoms with Gasteiger partial charge < -0.3 is 15.0 Å². The van der Waals surface area contributed by atoms with Gasteiger partial charge in [0.25, 0.3) is 0 Å². The third-order valence-corrected chi connectivity index (χ3v) is 5.22. The summed E-state index contributed by atoms with van der Waals surface area (Å²) in [6, 6.07) is 0. The summed E-state index contributed by atoms with van der Waals surface area (Å²) in [7, 11) is 1.53. The summed E-state index contributed by atoms with van der Waals surface area (Å²) < 4.78 is 5.18. The first kappa shape index (κ1) is 15.3. The van der Waals surface area contributed by atoms with Crippen LogP contribution in [-0.4, -0.2) is 49.7 Å². The van der Waals surface area contributed by atoms with Crippen molar-refractivity contribution in [3.63, 3.8) is 0 Å². The third-order valence-electron chi connectivity index (χ3n) is 5.22. The smallest absolute Gasteiger partial charge is 0.327 e. The molecule has 0 bridgehead atoms. The fraction of sp³-hybridized carbons (Fsp3) is 0.941. The van der Waals surface area contributed by atoms with Crippen LogP contribution in [0.4, 0.5) is 0 Å². The van der Waals surface area contributed by atoms with Crippen LogP contribution in [0.25, 0.3) is 0 Å². The van der Waals surface area contributed by atoms with Crippen molar-refractivity contribution in [1.29, 1.82) is 0 Å². The number of likely N-dealkylation sites (N-methyl/N-ethyl adjacent to an activating group) is 1. The van der Waals surface area contributed by atoms with E-state index in [0.29, 0.717) is 5.92 Å². The van der Waals surface area contributed by atoms with Crippen molar-refractivity contribution in [1.82, 2.24) is 10.2 Å². The number of nitrogens with zero attached hydrogens (tertiary/aromatic N) is 1. The molecule has 0 aliphatic heterocycles. The van der Waals surface area contributed by atoms with Crippen LogP contribution in [0.2, 0.25) is 0 Å². The van der Waals surface area contributed by atoms with Gasteiger partial charge in [0.05, 0.1) is 7.11 Å². The minimum atomic E-state index is -0.465. The average Bonchev–Trinajstić information content (AvgIpc) is 3.29. The number of esters is 1. The van der Waals surface area contributed by atoms with E-state index in [2.05, 4.69) is 17.1 Å². The maximum atomic E-state index is 12.5. The number of hydrogen-bond acceptors (Lipinski definition) is 4. The normalized spacial score (nSPS) is 24.9. The third kappa shape index (κ3) is 3.78. The molecule has 1 atom stereocenters. The number of methoxy groups -OCH3 is 1. The molecule has 0 aromatic heterocycles. The molecule has 0 spiro atoms. The monoisotopic (exact) mass is 294 g/mol. The molecule has 0 aromatic rings. The van der Waals surface area contributed by atoms with Crippen molar-refractivity contribution < 1.29 is 9.53 Å². The Morgan fingerprint density at radius 1 is 1.14 bits per heavy atom. The van der Waals surface area contributed by atoms with Gasteiger partial charge in [-0.3, -0.25) is 0 Å². The van der Waals surface area contributed by atoms with Gasteiger partial charge in [-0.25, -0.2) is 4.79 Å². The molecule has 3 saturated carbocycles. The highest BCUT2D eigenvalue weighted by molar-refractivity contribution is 5.82. The zero-order valence-corrected chi connectivity index (χ0v) is 13.6. The summed E-state index contributed by atoms with van der Waals surface area (Å²) in [4.78, 5) is 15.1. The fourth-order valence-electron chi connectivity index (χ4n) is 3.59. The number of nitrogens with one attached hydrogen (secondary N) is 1. The first-order valence-electron chi connectivity index (χ1n) is 8.73. The Hall–Kier alpha value is -0.610. The predicted molar refractivity (Wildman–Crippen MR) is 83.0 cm³/mol. The van der Waals surface area contributed by atoms with Crippen molar-refractivity contribution in [2.75, 3.05) is 33.3 Å². The van der Waals surface area contributed by atoms with Crippen LogP contribution in [0.5, 0.6) is 0 Å². The molecule has 0 heterocycles. The number of rotatable bonds is 10. The Labute approximate surface area is 128 Å². The Kier molecular flexibility index (Phi) is 4.55. The van der Waals surface area contributed by atoms with Crippen molar-refractivity contribution in [3.8, 4) is 0 Å². The summed E-state index contributed by atoms with van der Waals surface area (Å²) in [5, 5.41) is 3.51. The Balaban J connectivity index is 1.70. The van der Waals surface area contributed by atoms with Crippen molar-refractivity contribution in [2.24, 2.45) is 17.8 Å². The van der Waals surface area contributed by atoms with E-state index in [1.165, 1.54) is 45.9 Å². The van der Waals surface area contributed by atoms with E-state index in [1.807, 2.05) is 0 Å². The number of carbonyl (C=O) groups excluding carboxylic acids is 1. The summed E-state index contributed by atoms with van der Waals surface area (Å²) in [5.41, 5.74) is -0.465. The number of hydrogen-bond donors (Lipinski definition) is 1. The summed E-state index contributed by atoms with van der Waals surface area (Å²) >= 11 is 0. The summed E-state index contributed by atoms with van der Waals surface area (Å²) in [5.74, 6) is 2.16. The molecular weight excluding hydrogens is 264 g/mol. The van der Waals surface area contributed by atoms with Crippen LogP contribution in [0.1, 0.15) is 45.4 Å². The molecule has 0 saturated heterocycles. The molecule has 1 unspecified atom stereocenters. The van der Waals surface area contributed by atoms with E-state index < -0.39 is 5.54 Å². The van der Waals surface area contributed by atoms with Gasteiger partial charge in [-0.15, -0.1) is 0 Å². The van der Waals surface area contributed by atoms with Gasteiger partial charge >= 0.3 is 5.97 Å². The highest BCUT2D eigenvalue weighted by Crippen LogP contribution is 2.42. The molecular formula is C17H30N2O2. The molecule has 3 rings (SSSR count). The van der Waals surface area contributed by atoms with Crippen LogP contribution in [0.15, 0.2) is 0 Å². The first-order chi connectivity index (χ1) is 10.2. The van der Waals surface area contributed by atoms with E-state index in [4.69, 9.17) is 4.74 Å². The van der Waals surface area contributed by atoms with Crippen LogP contribution in [0, 0.1) is 17.8 Å². The highest BCUT2D eigenvalue weighted by Gasteiger charge is 2.52. The lowest BCUT2D eigenvalue weighted by Crippen LogP contribution is -2.61. The summed E-state index contributed by atoms with van der Waals surface area (Å²) in [6.07, 6.45) is 7.80. The lowest BCUT2D eigenvalue weighted by Gasteiger charge is -2.37. The fourth-order valence-corrected chi connectivity index (χ4v) is 3.59. The maximum absolute atomic E-state index is 12.5. The van der Waals surface area contributed by atoms with E-state index in [0.717, 1.165) is 37.8 Å². The molecule has 21 heavy (non-hydrogen) atoms. The van der Waals surface area contributed by atoms with Crippen molar-refractivity contribution in [3.05, 3.63) is 0 Å². The van der Waals surface area contributed by atoms with Gasteiger partial charge in [0.15, 0.2) is 0 Å². The molecule has 3 fully saturated rings. The maximum Gasteiger partial charge on any atom is 0.327 e. The minimum absolute atomic E-state index is 0.0524. The van der Waals surface area contributed by atoms with Crippen LogP contribution in [0.3, 0.4) is 0 Å². The van der Waals surface area contributed by atoms with Gasteiger partial charge in [0.1, 0.15) is 5.54 Å². The van der Waals surface area contributed by atoms with Crippen LogP contribution in [-0.2, 0) is 9.53 Å². The van der Waals surface area contributed by atoms with Crippen molar-refractivity contribution in [2.45, 2.75) is 51.0 Å². The minimum Gasteiger partial charge on any atom is -0.468 e. The Morgan fingerprint density at radius 2 is 1.71 bits per heavy atom. The van der Waals surface area contributed by atoms with Gasteiger partial charge in [-0.2, -0.15) is 0 Å². The molecule has 0 amide bonds. The van der Waals surface area contributed by atoms with E-state index in [1.54, 1.807) is 0 Å². The average molecular weight is 294 g/mol. The molecule has 0 aromatic carbocycles. The number of ether oxygens (including phenoxy) is 1. The highest BCUT2D eigenvalue weighted by atomic mass is 16.5. The molecule has 4 heteroatoms. The van der Waals surface area contributed by atoms with Crippen LogP contribution < -0.4 is 5.32 Å². The molecule has 3 aliphatic rings. The summed E-state index contributed by atoms with van der Waals surface area (Å²) in [6.45, 7) is 6.10. The second-order valence-corrected chi connectivity index (χ2v) is 7.35. The largest absolute Gasteiger partial charge is 0.468 e. The lowest BCUT2D eigenvalue weighted by atomic mass is 9.91. The van der Waals surface area contributed by atoms with Gasteiger partial charge in [-0.1, -0.05) is 6.92 Å². The predicted octanol–water partition coefficient (Wildman–Crippen LogP) is 2.04. The van der Waals surface area contributed by atoms with E-state index in [-0.39, 0.29) is 5.97 Å².